The molecule has 3 aromatic rings. The van der Waals surface area contributed by atoms with Crippen molar-refractivity contribution in [1.29, 1.82) is 0 Å². The van der Waals surface area contributed by atoms with Crippen LogP contribution in [0.15, 0.2) is 77.7 Å². The molecular weight excluding hydrogens is 581 g/mol. The zero-order chi connectivity index (χ0) is 29.0. The van der Waals surface area contributed by atoms with Crippen molar-refractivity contribution in [2.24, 2.45) is 0 Å². The summed E-state index contributed by atoms with van der Waals surface area (Å²) in [7, 11) is -4.16. The summed E-state index contributed by atoms with van der Waals surface area (Å²) in [5, 5.41) is 4.02. The van der Waals surface area contributed by atoms with Gasteiger partial charge in [-0.2, -0.15) is 0 Å². The van der Waals surface area contributed by atoms with Gasteiger partial charge in [-0.1, -0.05) is 59.1 Å². The zero-order valence-electron chi connectivity index (χ0n) is 22.0. The third-order valence-corrected chi connectivity index (χ3v) is 8.37. The van der Waals surface area contributed by atoms with E-state index in [1.165, 1.54) is 29.2 Å². The number of hydrogen-bond acceptors (Lipinski definition) is 4. The van der Waals surface area contributed by atoms with Gasteiger partial charge >= 0.3 is 0 Å². The number of hydrogen-bond donors (Lipinski definition) is 1. The topological polar surface area (TPSA) is 86.8 Å². The van der Waals surface area contributed by atoms with Gasteiger partial charge in [-0.3, -0.25) is 13.9 Å². The molecule has 208 valence electrons. The lowest BCUT2D eigenvalue weighted by atomic mass is 10.1. The molecule has 0 bridgehead atoms. The second-order valence-electron chi connectivity index (χ2n) is 9.97. The number of halogens is 3. The molecule has 3 rings (SSSR count). The van der Waals surface area contributed by atoms with Gasteiger partial charge in [0.25, 0.3) is 10.0 Å². The van der Waals surface area contributed by atoms with Crippen molar-refractivity contribution in [3.05, 3.63) is 93.4 Å². The van der Waals surface area contributed by atoms with Crippen LogP contribution in [0, 0.1) is 0 Å². The van der Waals surface area contributed by atoms with Crippen molar-refractivity contribution in [2.45, 2.75) is 50.7 Å². The third kappa shape index (κ3) is 8.11. The Bertz CT molecular complexity index is 1430. The number of carbonyl (C=O) groups is 2. The first-order valence-electron chi connectivity index (χ1n) is 12.1. The van der Waals surface area contributed by atoms with E-state index in [4.69, 9.17) is 34.8 Å². The lowest BCUT2D eigenvalue weighted by Gasteiger charge is -2.33. The van der Waals surface area contributed by atoms with E-state index in [0.717, 1.165) is 4.31 Å². The normalized spacial score (nSPS) is 12.5. The highest BCUT2D eigenvalue weighted by molar-refractivity contribution is 7.92. The first kappa shape index (κ1) is 30.8. The van der Waals surface area contributed by atoms with Gasteiger partial charge in [0, 0.05) is 27.2 Å². The molecule has 39 heavy (non-hydrogen) atoms. The Morgan fingerprint density at radius 2 is 1.49 bits per heavy atom. The summed E-state index contributed by atoms with van der Waals surface area (Å²) in [4.78, 5) is 28.4. The van der Waals surface area contributed by atoms with E-state index in [1.54, 1.807) is 55.5 Å². The molecule has 1 N–H and O–H groups in total. The lowest BCUT2D eigenvalue weighted by Crippen LogP contribution is -2.54. The molecule has 1 atom stereocenters. The summed E-state index contributed by atoms with van der Waals surface area (Å²) >= 11 is 18.5. The minimum Gasteiger partial charge on any atom is -0.350 e. The number of rotatable bonds is 9. The van der Waals surface area contributed by atoms with Crippen molar-refractivity contribution in [1.82, 2.24) is 10.2 Å². The summed E-state index contributed by atoms with van der Waals surface area (Å²) in [6.45, 7) is 6.45. The highest BCUT2D eigenvalue weighted by Crippen LogP contribution is 2.27. The average molecular weight is 611 g/mol. The maximum atomic E-state index is 13.9. The SMILES string of the molecule is C[C@H](C(=O)NC(C)(C)C)N(Cc1ccc(Cl)cc1Cl)C(=O)CN(c1ccc(Cl)cc1)S(=O)(=O)c1ccccc1. The first-order valence-corrected chi connectivity index (χ1v) is 14.7. The fourth-order valence-corrected chi connectivity index (χ4v) is 5.78. The maximum Gasteiger partial charge on any atom is 0.264 e. The molecule has 7 nitrogen and oxygen atoms in total. The fourth-order valence-electron chi connectivity index (χ4n) is 3.75. The van der Waals surface area contributed by atoms with Gasteiger partial charge < -0.3 is 10.2 Å². The van der Waals surface area contributed by atoms with Gasteiger partial charge in [-0.05, 0) is 81.8 Å². The van der Waals surface area contributed by atoms with Gasteiger partial charge in [0.05, 0.1) is 10.6 Å². The monoisotopic (exact) mass is 609 g/mol. The van der Waals surface area contributed by atoms with Crippen LogP contribution in [0.25, 0.3) is 0 Å². The van der Waals surface area contributed by atoms with Gasteiger partial charge in [0.15, 0.2) is 0 Å². The van der Waals surface area contributed by atoms with E-state index in [0.29, 0.717) is 20.6 Å². The minimum atomic E-state index is -4.16. The second-order valence-corrected chi connectivity index (χ2v) is 13.1. The largest absolute Gasteiger partial charge is 0.350 e. The van der Waals surface area contributed by atoms with Crippen molar-refractivity contribution >= 4 is 62.3 Å². The Balaban J connectivity index is 2.04. The molecule has 0 aliphatic rings. The summed E-state index contributed by atoms with van der Waals surface area (Å²) in [6, 6.07) is 17.8. The predicted octanol–water partition coefficient (Wildman–Crippen LogP) is 6.17. The number of sulfonamides is 1. The van der Waals surface area contributed by atoms with Crippen molar-refractivity contribution in [3.8, 4) is 0 Å². The van der Waals surface area contributed by atoms with E-state index in [9.17, 15) is 18.0 Å². The van der Waals surface area contributed by atoms with Crippen molar-refractivity contribution in [3.63, 3.8) is 0 Å². The van der Waals surface area contributed by atoms with Crippen LogP contribution in [0.4, 0.5) is 5.69 Å². The van der Waals surface area contributed by atoms with Gasteiger partial charge in [0.1, 0.15) is 12.6 Å². The van der Waals surface area contributed by atoms with Crippen LogP contribution >= 0.6 is 34.8 Å². The van der Waals surface area contributed by atoms with Gasteiger partial charge in [0.2, 0.25) is 11.8 Å². The van der Waals surface area contributed by atoms with Crippen LogP contribution < -0.4 is 9.62 Å². The minimum absolute atomic E-state index is 0.0126. The summed E-state index contributed by atoms with van der Waals surface area (Å²) in [6.07, 6.45) is 0. The van der Waals surface area contributed by atoms with Crippen LogP contribution in [0.2, 0.25) is 15.1 Å². The molecule has 0 radical (unpaired) electrons. The molecule has 0 aromatic heterocycles. The molecule has 0 saturated carbocycles. The third-order valence-electron chi connectivity index (χ3n) is 5.75. The van der Waals surface area contributed by atoms with Crippen LogP contribution in [-0.2, 0) is 26.2 Å². The van der Waals surface area contributed by atoms with Crippen LogP contribution in [0.5, 0.6) is 0 Å². The number of carbonyl (C=O) groups excluding carboxylic acids is 2. The van der Waals surface area contributed by atoms with Crippen LogP contribution in [0.1, 0.15) is 33.3 Å². The molecule has 0 saturated heterocycles. The summed E-state index contributed by atoms with van der Waals surface area (Å²) in [5.41, 5.74) is 0.242. The smallest absolute Gasteiger partial charge is 0.264 e. The molecule has 0 heterocycles. The number of anilines is 1. The zero-order valence-corrected chi connectivity index (χ0v) is 25.1. The standard InChI is InChI=1S/C28H30Cl3N3O4S/c1-19(27(36)32-28(2,3)4)33(17-20-10-11-22(30)16-25(20)31)26(35)18-34(23-14-12-21(29)13-15-23)39(37,38)24-8-6-5-7-9-24/h5-16,19H,17-18H2,1-4H3,(H,32,36)/t19-/m1/s1. The molecule has 3 aromatic carbocycles. The Labute approximate surface area is 244 Å². The molecule has 2 amide bonds. The van der Waals surface area contributed by atoms with Gasteiger partial charge in [-0.25, -0.2) is 8.42 Å². The number of nitrogens with zero attached hydrogens (tertiary/aromatic N) is 2. The van der Waals surface area contributed by atoms with Crippen molar-refractivity contribution in [2.75, 3.05) is 10.8 Å². The Morgan fingerprint density at radius 1 is 0.897 bits per heavy atom. The molecule has 0 aliphatic heterocycles. The molecule has 0 fully saturated rings. The number of benzene rings is 3. The van der Waals surface area contributed by atoms with E-state index in [-0.39, 0.29) is 17.1 Å². The summed E-state index contributed by atoms with van der Waals surface area (Å²) < 4.78 is 28.5. The Hall–Kier alpha value is -2.78. The van der Waals surface area contributed by atoms with E-state index in [2.05, 4.69) is 5.32 Å². The second kappa shape index (κ2) is 12.6. The maximum absolute atomic E-state index is 13.9. The van der Waals surface area contributed by atoms with E-state index < -0.39 is 40.0 Å². The first-order chi connectivity index (χ1) is 18.2. The Kier molecular flexibility index (Phi) is 9.93. The fraction of sp³-hybridized carbons (Fsp3) is 0.286. The highest BCUT2D eigenvalue weighted by Gasteiger charge is 2.33. The summed E-state index contributed by atoms with van der Waals surface area (Å²) in [5.74, 6) is -1.00. The number of nitrogens with one attached hydrogen (secondary N) is 1. The highest BCUT2D eigenvalue weighted by atomic mass is 35.5. The average Bonchev–Trinajstić information content (AvgIpc) is 2.86. The van der Waals surface area contributed by atoms with E-state index in [1.807, 2.05) is 20.8 Å². The predicted molar refractivity (Wildman–Crippen MR) is 157 cm³/mol. The quantitative estimate of drug-likeness (QED) is 0.314. The van der Waals surface area contributed by atoms with Crippen LogP contribution in [-0.4, -0.2) is 43.3 Å². The molecular formula is C28H30Cl3N3O4S. The van der Waals surface area contributed by atoms with Gasteiger partial charge in [-0.15, -0.1) is 0 Å². The molecule has 0 aliphatic carbocycles. The molecule has 0 spiro atoms. The molecule has 11 heteroatoms. The number of amides is 2. The van der Waals surface area contributed by atoms with E-state index >= 15 is 0 Å². The van der Waals surface area contributed by atoms with Crippen molar-refractivity contribution < 1.29 is 18.0 Å². The molecule has 0 unspecified atom stereocenters. The lowest BCUT2D eigenvalue weighted by molar-refractivity contribution is -0.140. The Morgan fingerprint density at radius 3 is 2.05 bits per heavy atom. The van der Waals surface area contributed by atoms with Crippen LogP contribution in [0.3, 0.4) is 0 Å².